The van der Waals surface area contributed by atoms with Gasteiger partial charge in [-0.1, -0.05) is 17.7 Å². The number of likely N-dealkylation sites (tertiary alicyclic amines) is 1. The summed E-state index contributed by atoms with van der Waals surface area (Å²) in [6.45, 7) is 1.42. The Kier molecular flexibility index (Phi) is 5.74. The molecule has 24 heavy (non-hydrogen) atoms. The monoisotopic (exact) mass is 354 g/mol. The molecule has 4 N–H and O–H groups in total. The third-order valence-corrected chi connectivity index (χ3v) is 4.10. The number of hydrogen-bond acceptors (Lipinski definition) is 5. The number of rotatable bonds is 5. The Hall–Kier alpha value is -2.19. The summed E-state index contributed by atoms with van der Waals surface area (Å²) in [5.41, 5.74) is 6.03. The van der Waals surface area contributed by atoms with Crippen LogP contribution in [0.25, 0.3) is 0 Å². The number of hydrogen-bond donors (Lipinski definition) is 3. The van der Waals surface area contributed by atoms with Crippen molar-refractivity contribution < 1.29 is 19.5 Å². The van der Waals surface area contributed by atoms with Crippen LogP contribution in [0.4, 0.5) is 0 Å². The number of carbonyl (C=O) groups is 3. The summed E-state index contributed by atoms with van der Waals surface area (Å²) in [7, 11) is 0. The Morgan fingerprint density at radius 3 is 2.75 bits per heavy atom. The molecule has 1 saturated heterocycles. The summed E-state index contributed by atoms with van der Waals surface area (Å²) in [6.07, 6.45) is 1.00. The first-order chi connectivity index (χ1) is 11.3. The van der Waals surface area contributed by atoms with Gasteiger partial charge in [0.2, 0.25) is 17.7 Å². The number of pyridine rings is 1. The van der Waals surface area contributed by atoms with Crippen molar-refractivity contribution in [2.75, 3.05) is 6.54 Å². The number of β-amino-alcohol motifs (C(OH)–C–C–N with tert-alkyl or cyclic N) is 1. The normalized spacial score (nSPS) is 21.4. The molecule has 1 aliphatic rings. The standard InChI is InChI=1S/C15H19ClN4O4/c1-8(21)20-7-10(22)5-12(20)15(24)19-11(14(17)23)4-9-2-3-13(16)18-6-9/h2-3,6,10-12,22H,4-5,7H2,1H3,(H2,17,23)(H,19,24)/t10-,11+,12+/m1/s1. The van der Waals surface area contributed by atoms with E-state index in [0.717, 1.165) is 0 Å². The van der Waals surface area contributed by atoms with Crippen LogP contribution in [0.1, 0.15) is 18.9 Å². The van der Waals surface area contributed by atoms with Crippen LogP contribution < -0.4 is 11.1 Å². The van der Waals surface area contributed by atoms with Crippen LogP contribution in [0.15, 0.2) is 18.3 Å². The Morgan fingerprint density at radius 2 is 2.21 bits per heavy atom. The quantitative estimate of drug-likeness (QED) is 0.599. The van der Waals surface area contributed by atoms with Crippen LogP contribution in [-0.4, -0.2) is 57.4 Å². The lowest BCUT2D eigenvalue weighted by Gasteiger charge is -2.24. The minimum atomic E-state index is -0.952. The Balaban J connectivity index is 2.06. The molecule has 1 fully saturated rings. The number of aliphatic hydroxyl groups is 1. The zero-order valence-corrected chi connectivity index (χ0v) is 13.9. The number of halogens is 1. The highest BCUT2D eigenvalue weighted by atomic mass is 35.5. The molecule has 3 atom stereocenters. The number of nitrogens with one attached hydrogen (secondary N) is 1. The fourth-order valence-electron chi connectivity index (χ4n) is 2.66. The zero-order chi connectivity index (χ0) is 17.9. The van der Waals surface area contributed by atoms with Crippen molar-refractivity contribution in [2.24, 2.45) is 5.73 Å². The molecule has 3 amide bonds. The Bertz CT molecular complexity index is 637. The van der Waals surface area contributed by atoms with Gasteiger partial charge in [-0.25, -0.2) is 4.98 Å². The molecule has 0 radical (unpaired) electrons. The number of nitrogens with zero attached hydrogens (tertiary/aromatic N) is 2. The van der Waals surface area contributed by atoms with E-state index in [9.17, 15) is 19.5 Å². The second-order valence-corrected chi connectivity index (χ2v) is 6.12. The highest BCUT2D eigenvalue weighted by Gasteiger charge is 2.38. The van der Waals surface area contributed by atoms with Gasteiger partial charge in [0.15, 0.2) is 0 Å². The van der Waals surface area contributed by atoms with Gasteiger partial charge >= 0.3 is 0 Å². The minimum Gasteiger partial charge on any atom is -0.391 e. The van der Waals surface area contributed by atoms with Gasteiger partial charge < -0.3 is 21.1 Å². The second kappa shape index (κ2) is 7.59. The van der Waals surface area contributed by atoms with Crippen LogP contribution in [0.5, 0.6) is 0 Å². The lowest BCUT2D eigenvalue weighted by molar-refractivity contribution is -0.138. The summed E-state index contributed by atoms with van der Waals surface area (Å²) in [5.74, 6) is -1.54. The maximum Gasteiger partial charge on any atom is 0.243 e. The molecule has 0 aliphatic carbocycles. The first kappa shape index (κ1) is 18.2. The van der Waals surface area contributed by atoms with E-state index in [4.69, 9.17) is 17.3 Å². The molecule has 0 spiro atoms. The van der Waals surface area contributed by atoms with E-state index in [1.165, 1.54) is 18.0 Å². The molecular weight excluding hydrogens is 336 g/mol. The fraction of sp³-hybridized carbons (Fsp3) is 0.467. The molecule has 1 aromatic heterocycles. The molecule has 8 nitrogen and oxygen atoms in total. The third-order valence-electron chi connectivity index (χ3n) is 3.87. The molecule has 130 valence electrons. The van der Waals surface area contributed by atoms with E-state index in [2.05, 4.69) is 10.3 Å². The Morgan fingerprint density at radius 1 is 1.50 bits per heavy atom. The van der Waals surface area contributed by atoms with Gasteiger partial charge in [-0.05, 0) is 11.6 Å². The van der Waals surface area contributed by atoms with Crippen molar-refractivity contribution in [3.05, 3.63) is 29.0 Å². The molecule has 1 aromatic rings. The predicted octanol–water partition coefficient (Wildman–Crippen LogP) is -0.771. The topological polar surface area (TPSA) is 126 Å². The number of nitrogens with two attached hydrogens (primary N) is 1. The smallest absolute Gasteiger partial charge is 0.243 e. The molecule has 0 bridgehead atoms. The second-order valence-electron chi connectivity index (χ2n) is 5.73. The van der Waals surface area contributed by atoms with E-state index in [1.807, 2.05) is 0 Å². The highest BCUT2D eigenvalue weighted by molar-refractivity contribution is 6.29. The van der Waals surface area contributed by atoms with E-state index >= 15 is 0 Å². The highest BCUT2D eigenvalue weighted by Crippen LogP contribution is 2.18. The fourth-order valence-corrected chi connectivity index (χ4v) is 2.78. The lowest BCUT2D eigenvalue weighted by atomic mass is 10.1. The number of aromatic nitrogens is 1. The maximum absolute atomic E-state index is 12.4. The number of aliphatic hydroxyl groups excluding tert-OH is 1. The van der Waals surface area contributed by atoms with Crippen LogP contribution >= 0.6 is 11.6 Å². The van der Waals surface area contributed by atoms with Crippen molar-refractivity contribution in [2.45, 2.75) is 38.0 Å². The maximum atomic E-state index is 12.4. The van der Waals surface area contributed by atoms with E-state index < -0.39 is 30.0 Å². The van der Waals surface area contributed by atoms with Gasteiger partial charge in [-0.3, -0.25) is 14.4 Å². The van der Waals surface area contributed by atoms with E-state index in [-0.39, 0.29) is 25.3 Å². The minimum absolute atomic E-state index is 0.0930. The lowest BCUT2D eigenvalue weighted by Crippen LogP contribution is -2.52. The largest absolute Gasteiger partial charge is 0.391 e. The first-order valence-corrected chi connectivity index (χ1v) is 7.81. The zero-order valence-electron chi connectivity index (χ0n) is 13.1. The summed E-state index contributed by atoms with van der Waals surface area (Å²) < 4.78 is 0. The average Bonchev–Trinajstić information content (AvgIpc) is 2.91. The summed E-state index contributed by atoms with van der Waals surface area (Å²) in [4.78, 5) is 40.8. The Labute approximate surface area is 144 Å². The van der Waals surface area contributed by atoms with E-state index in [0.29, 0.717) is 10.7 Å². The molecule has 0 unspecified atom stereocenters. The number of carbonyl (C=O) groups excluding carboxylic acids is 3. The third kappa shape index (κ3) is 4.42. The number of amides is 3. The van der Waals surface area contributed by atoms with Crippen molar-refractivity contribution >= 4 is 29.3 Å². The summed E-state index contributed by atoms with van der Waals surface area (Å²) >= 11 is 5.71. The number of primary amides is 1. The molecule has 2 rings (SSSR count). The molecule has 0 saturated carbocycles. The van der Waals surface area contributed by atoms with Gasteiger partial charge in [0, 0.05) is 32.5 Å². The summed E-state index contributed by atoms with van der Waals surface area (Å²) in [5, 5.41) is 12.5. The van der Waals surface area contributed by atoms with Crippen molar-refractivity contribution in [3.63, 3.8) is 0 Å². The van der Waals surface area contributed by atoms with Crippen LogP contribution in [0.3, 0.4) is 0 Å². The van der Waals surface area contributed by atoms with Gasteiger partial charge in [0.05, 0.1) is 6.10 Å². The SMILES string of the molecule is CC(=O)N1C[C@H](O)C[C@H]1C(=O)N[C@@H](Cc1ccc(Cl)nc1)C(N)=O. The van der Waals surface area contributed by atoms with E-state index in [1.54, 1.807) is 12.1 Å². The molecule has 0 aromatic carbocycles. The predicted molar refractivity (Wildman–Crippen MR) is 85.9 cm³/mol. The van der Waals surface area contributed by atoms with Gasteiger partial charge in [-0.15, -0.1) is 0 Å². The molecule has 9 heteroatoms. The summed E-state index contributed by atoms with van der Waals surface area (Å²) in [6, 6.07) is 1.48. The van der Waals surface area contributed by atoms with Crippen LogP contribution in [0.2, 0.25) is 5.15 Å². The van der Waals surface area contributed by atoms with Crippen molar-refractivity contribution in [3.8, 4) is 0 Å². The molecular formula is C15H19ClN4O4. The van der Waals surface area contributed by atoms with Crippen molar-refractivity contribution in [1.29, 1.82) is 0 Å². The van der Waals surface area contributed by atoms with Crippen LogP contribution in [0, 0.1) is 0 Å². The van der Waals surface area contributed by atoms with Crippen LogP contribution in [-0.2, 0) is 20.8 Å². The van der Waals surface area contributed by atoms with Gasteiger partial charge in [0.25, 0.3) is 0 Å². The molecule has 2 heterocycles. The first-order valence-electron chi connectivity index (χ1n) is 7.43. The molecule has 1 aliphatic heterocycles. The van der Waals surface area contributed by atoms with Gasteiger partial charge in [-0.2, -0.15) is 0 Å². The van der Waals surface area contributed by atoms with Gasteiger partial charge in [0.1, 0.15) is 17.2 Å². The average molecular weight is 355 g/mol. The van der Waals surface area contributed by atoms with Crippen molar-refractivity contribution in [1.82, 2.24) is 15.2 Å².